The summed E-state index contributed by atoms with van der Waals surface area (Å²) in [6.45, 7) is 1.18. The number of nitrogens with one attached hydrogen (secondary N) is 1. The number of carbonyl (C=O) groups excluding carboxylic acids is 3. The number of fused-ring (bicyclic) bond motifs is 1. The summed E-state index contributed by atoms with van der Waals surface area (Å²) in [6.07, 6.45) is 3.05. The van der Waals surface area contributed by atoms with Crippen LogP contribution in [-0.4, -0.2) is 69.3 Å². The van der Waals surface area contributed by atoms with Gasteiger partial charge in [0.05, 0.1) is 17.2 Å². The minimum Gasteiger partial charge on any atom is -0.345 e. The van der Waals surface area contributed by atoms with E-state index in [1.54, 1.807) is 23.1 Å². The maximum absolute atomic E-state index is 12.7. The molecule has 1 saturated heterocycles. The lowest BCUT2D eigenvalue weighted by atomic mass is 10.2. The molecule has 0 unspecified atom stereocenters. The Kier molecular flexibility index (Phi) is 4.81. The molecule has 0 radical (unpaired) electrons. The topological polar surface area (TPSA) is 105 Å². The number of piperazine rings is 1. The first-order chi connectivity index (χ1) is 13.5. The van der Waals surface area contributed by atoms with Crippen LogP contribution in [0.4, 0.5) is 0 Å². The van der Waals surface area contributed by atoms with E-state index in [4.69, 9.17) is 0 Å². The fraction of sp³-hybridized carbons (Fsp3) is 0.421. The standard InChI is InChI=1S/C19H21N5O4/c25-16-11-20-14-3-1-2-4-15(14)24(16)12-17(26)22-7-9-23(10-8-22)19(28)18(27)21-13-5-6-13/h1-4,11,13H,5-10,12H2,(H,21,27). The summed E-state index contributed by atoms with van der Waals surface area (Å²) in [6, 6.07) is 7.29. The van der Waals surface area contributed by atoms with Crippen molar-refractivity contribution < 1.29 is 14.4 Å². The highest BCUT2D eigenvalue weighted by Crippen LogP contribution is 2.18. The monoisotopic (exact) mass is 383 g/mol. The van der Waals surface area contributed by atoms with E-state index < -0.39 is 11.8 Å². The molecule has 1 saturated carbocycles. The molecule has 1 aromatic carbocycles. The lowest BCUT2D eigenvalue weighted by molar-refractivity contribution is -0.148. The molecule has 4 rings (SSSR count). The number of hydrogen-bond acceptors (Lipinski definition) is 5. The highest BCUT2D eigenvalue weighted by molar-refractivity contribution is 6.35. The van der Waals surface area contributed by atoms with Crippen molar-refractivity contribution in [3.05, 3.63) is 40.8 Å². The fourth-order valence-electron chi connectivity index (χ4n) is 3.29. The van der Waals surface area contributed by atoms with Gasteiger partial charge in [-0.2, -0.15) is 0 Å². The van der Waals surface area contributed by atoms with E-state index in [1.165, 1.54) is 15.7 Å². The Bertz CT molecular complexity index is 989. The van der Waals surface area contributed by atoms with Crippen molar-refractivity contribution in [2.45, 2.75) is 25.4 Å². The van der Waals surface area contributed by atoms with Crippen LogP contribution in [0, 0.1) is 0 Å². The molecule has 28 heavy (non-hydrogen) atoms. The van der Waals surface area contributed by atoms with Crippen molar-refractivity contribution in [2.75, 3.05) is 26.2 Å². The van der Waals surface area contributed by atoms with E-state index in [0.29, 0.717) is 37.2 Å². The SMILES string of the molecule is O=C(NC1CC1)C(=O)N1CCN(C(=O)Cn2c(=O)cnc3ccccc32)CC1. The molecule has 0 bridgehead atoms. The van der Waals surface area contributed by atoms with Gasteiger partial charge in [0.2, 0.25) is 5.91 Å². The van der Waals surface area contributed by atoms with Gasteiger partial charge in [0.1, 0.15) is 6.54 Å². The summed E-state index contributed by atoms with van der Waals surface area (Å²) in [5.41, 5.74) is 0.915. The summed E-state index contributed by atoms with van der Waals surface area (Å²) in [5.74, 6) is -1.32. The predicted octanol–water partition coefficient (Wildman–Crippen LogP) is -0.654. The Labute approximate surface area is 160 Å². The zero-order valence-electron chi connectivity index (χ0n) is 15.3. The number of hydrogen-bond donors (Lipinski definition) is 1. The van der Waals surface area contributed by atoms with E-state index >= 15 is 0 Å². The van der Waals surface area contributed by atoms with Crippen LogP contribution in [0.2, 0.25) is 0 Å². The van der Waals surface area contributed by atoms with Crippen LogP contribution in [0.25, 0.3) is 11.0 Å². The number of para-hydroxylation sites is 2. The van der Waals surface area contributed by atoms with Crippen molar-refractivity contribution in [1.82, 2.24) is 24.7 Å². The number of benzene rings is 1. The quantitative estimate of drug-likeness (QED) is 0.709. The highest BCUT2D eigenvalue weighted by atomic mass is 16.2. The second-order valence-corrected chi connectivity index (χ2v) is 7.09. The van der Waals surface area contributed by atoms with Crippen LogP contribution < -0.4 is 10.9 Å². The molecule has 1 aliphatic carbocycles. The Morgan fingerprint density at radius 3 is 2.43 bits per heavy atom. The molecule has 1 aliphatic heterocycles. The summed E-state index contributed by atoms with van der Waals surface area (Å²) in [7, 11) is 0. The summed E-state index contributed by atoms with van der Waals surface area (Å²) >= 11 is 0. The second-order valence-electron chi connectivity index (χ2n) is 7.09. The van der Waals surface area contributed by atoms with Crippen LogP contribution in [0.3, 0.4) is 0 Å². The van der Waals surface area contributed by atoms with Gasteiger partial charge in [-0.25, -0.2) is 4.98 Å². The van der Waals surface area contributed by atoms with Gasteiger partial charge in [-0.3, -0.25) is 23.7 Å². The molecule has 0 spiro atoms. The van der Waals surface area contributed by atoms with Gasteiger partial charge >= 0.3 is 11.8 Å². The van der Waals surface area contributed by atoms with Gasteiger partial charge in [0.25, 0.3) is 5.56 Å². The van der Waals surface area contributed by atoms with Gasteiger partial charge in [-0.05, 0) is 25.0 Å². The van der Waals surface area contributed by atoms with E-state index in [9.17, 15) is 19.2 Å². The molecular formula is C19H21N5O4. The second kappa shape index (κ2) is 7.41. The van der Waals surface area contributed by atoms with Crippen LogP contribution >= 0.6 is 0 Å². The minimum atomic E-state index is -0.572. The Morgan fingerprint density at radius 2 is 1.71 bits per heavy atom. The Hall–Kier alpha value is -3.23. The number of amides is 3. The largest absolute Gasteiger partial charge is 0.345 e. The highest BCUT2D eigenvalue weighted by Gasteiger charge is 2.31. The Balaban J connectivity index is 1.38. The summed E-state index contributed by atoms with van der Waals surface area (Å²) in [4.78, 5) is 56.1. The van der Waals surface area contributed by atoms with Crippen molar-refractivity contribution >= 4 is 28.8 Å². The van der Waals surface area contributed by atoms with E-state index in [2.05, 4.69) is 10.3 Å². The summed E-state index contributed by atoms with van der Waals surface area (Å²) < 4.78 is 1.41. The molecule has 9 heteroatoms. The molecule has 2 aliphatic rings. The van der Waals surface area contributed by atoms with Crippen molar-refractivity contribution in [2.24, 2.45) is 0 Å². The van der Waals surface area contributed by atoms with Gasteiger partial charge in [0.15, 0.2) is 0 Å². The average Bonchev–Trinajstić information content (AvgIpc) is 3.53. The molecule has 9 nitrogen and oxygen atoms in total. The number of rotatable bonds is 3. The van der Waals surface area contributed by atoms with Crippen LogP contribution in [0.1, 0.15) is 12.8 Å². The van der Waals surface area contributed by atoms with Crippen molar-refractivity contribution in [3.63, 3.8) is 0 Å². The molecule has 2 aromatic rings. The zero-order valence-corrected chi connectivity index (χ0v) is 15.3. The first kappa shape index (κ1) is 18.1. The molecule has 2 fully saturated rings. The minimum absolute atomic E-state index is 0.0853. The molecule has 146 valence electrons. The normalized spacial score (nSPS) is 16.9. The van der Waals surface area contributed by atoms with E-state index in [1.807, 2.05) is 6.07 Å². The molecule has 1 N–H and O–H groups in total. The van der Waals surface area contributed by atoms with Gasteiger partial charge in [-0.15, -0.1) is 0 Å². The first-order valence-corrected chi connectivity index (χ1v) is 9.35. The van der Waals surface area contributed by atoms with Crippen molar-refractivity contribution in [3.8, 4) is 0 Å². The predicted molar refractivity (Wildman–Crippen MR) is 100 cm³/mol. The average molecular weight is 383 g/mol. The van der Waals surface area contributed by atoms with Gasteiger partial charge in [-0.1, -0.05) is 12.1 Å². The van der Waals surface area contributed by atoms with Crippen LogP contribution in [-0.2, 0) is 20.9 Å². The van der Waals surface area contributed by atoms with Crippen molar-refractivity contribution in [1.29, 1.82) is 0 Å². The van der Waals surface area contributed by atoms with Crippen LogP contribution in [0.15, 0.2) is 35.3 Å². The van der Waals surface area contributed by atoms with Gasteiger partial charge in [0, 0.05) is 32.2 Å². The third kappa shape index (κ3) is 3.73. The molecule has 3 amide bonds. The summed E-state index contributed by atoms with van der Waals surface area (Å²) in [5, 5.41) is 2.69. The molecule has 0 atom stereocenters. The lowest BCUT2D eigenvalue weighted by Crippen LogP contribution is -2.54. The van der Waals surface area contributed by atoms with Gasteiger partial charge < -0.3 is 15.1 Å². The maximum atomic E-state index is 12.7. The molecule has 2 heterocycles. The molecule has 1 aromatic heterocycles. The third-order valence-electron chi connectivity index (χ3n) is 5.07. The van der Waals surface area contributed by atoms with Crippen LogP contribution in [0.5, 0.6) is 0 Å². The number of nitrogens with zero attached hydrogens (tertiary/aromatic N) is 4. The third-order valence-corrected chi connectivity index (χ3v) is 5.07. The first-order valence-electron chi connectivity index (χ1n) is 9.35. The van der Waals surface area contributed by atoms with E-state index in [0.717, 1.165) is 12.8 Å². The Morgan fingerprint density at radius 1 is 1.04 bits per heavy atom. The number of carbonyl (C=O) groups is 3. The fourth-order valence-corrected chi connectivity index (χ4v) is 3.29. The van der Waals surface area contributed by atoms with E-state index in [-0.39, 0.29) is 24.1 Å². The smallest absolute Gasteiger partial charge is 0.312 e. The zero-order chi connectivity index (χ0) is 19.7. The molecular weight excluding hydrogens is 362 g/mol. The maximum Gasteiger partial charge on any atom is 0.312 e. The lowest BCUT2D eigenvalue weighted by Gasteiger charge is -2.34. The number of aromatic nitrogens is 2.